The number of carbonyl (C=O) groups is 1. The minimum Gasteiger partial charge on any atom is -0.329 e. The zero-order chi connectivity index (χ0) is 16.4. The summed E-state index contributed by atoms with van der Waals surface area (Å²) < 4.78 is 23.7. The molecular weight excluding hydrogens is 330 g/mol. The Morgan fingerprint density at radius 2 is 2.00 bits per heavy atom. The fraction of sp³-hybridized carbons (Fsp3) is 0.353. The first-order chi connectivity index (χ1) is 11.0. The molecule has 0 N–H and O–H groups in total. The van der Waals surface area contributed by atoms with Crippen LogP contribution in [0.3, 0.4) is 0 Å². The van der Waals surface area contributed by atoms with Crippen LogP contribution in [0.2, 0.25) is 0 Å². The Kier molecular flexibility index (Phi) is 4.55. The van der Waals surface area contributed by atoms with Gasteiger partial charge in [0.2, 0.25) is 0 Å². The van der Waals surface area contributed by atoms with Crippen molar-refractivity contribution < 1.29 is 13.2 Å². The third-order valence-electron chi connectivity index (χ3n) is 4.21. The van der Waals surface area contributed by atoms with E-state index in [-0.39, 0.29) is 23.5 Å². The van der Waals surface area contributed by atoms with Gasteiger partial charge in [-0.15, -0.1) is 11.3 Å². The lowest BCUT2D eigenvalue weighted by Crippen LogP contribution is -2.40. The predicted molar refractivity (Wildman–Crippen MR) is 92.4 cm³/mol. The molecule has 0 spiro atoms. The van der Waals surface area contributed by atoms with Crippen molar-refractivity contribution in [2.75, 3.05) is 11.5 Å². The molecule has 0 unspecified atom stereocenters. The van der Waals surface area contributed by atoms with Crippen LogP contribution in [-0.4, -0.2) is 36.8 Å². The highest BCUT2D eigenvalue weighted by molar-refractivity contribution is 7.91. The van der Waals surface area contributed by atoms with E-state index in [4.69, 9.17) is 0 Å². The molecule has 6 heteroatoms. The second-order valence-corrected chi connectivity index (χ2v) is 9.11. The second-order valence-electron chi connectivity index (χ2n) is 5.88. The van der Waals surface area contributed by atoms with E-state index >= 15 is 0 Å². The van der Waals surface area contributed by atoms with Crippen molar-refractivity contribution in [2.45, 2.75) is 25.9 Å². The van der Waals surface area contributed by atoms with Crippen LogP contribution in [0.25, 0.3) is 0 Å². The molecule has 1 aliphatic rings. The Balaban J connectivity index is 1.90. The minimum absolute atomic E-state index is 0.0655. The molecule has 1 amide bonds. The van der Waals surface area contributed by atoms with Gasteiger partial charge in [-0.3, -0.25) is 4.79 Å². The fourth-order valence-electron chi connectivity index (χ4n) is 2.86. The molecule has 122 valence electrons. The fourth-order valence-corrected chi connectivity index (χ4v) is 5.49. The first kappa shape index (κ1) is 16.2. The van der Waals surface area contributed by atoms with Gasteiger partial charge in [-0.25, -0.2) is 8.42 Å². The number of nitrogens with zero attached hydrogens (tertiary/aromatic N) is 1. The molecule has 0 aliphatic carbocycles. The maximum absolute atomic E-state index is 12.9. The largest absolute Gasteiger partial charge is 0.329 e. The average molecular weight is 349 g/mol. The molecule has 1 atom stereocenters. The molecule has 1 aromatic heterocycles. The molecule has 2 aromatic rings. The number of rotatable bonds is 4. The van der Waals surface area contributed by atoms with Crippen LogP contribution in [-0.2, 0) is 16.4 Å². The zero-order valence-corrected chi connectivity index (χ0v) is 14.6. The lowest BCUT2D eigenvalue weighted by molar-refractivity contribution is 0.0683. The van der Waals surface area contributed by atoms with Gasteiger partial charge in [-0.2, -0.15) is 0 Å². The van der Waals surface area contributed by atoms with Gasteiger partial charge in [0.05, 0.1) is 18.1 Å². The van der Waals surface area contributed by atoms with E-state index in [1.54, 1.807) is 28.4 Å². The zero-order valence-electron chi connectivity index (χ0n) is 12.9. The van der Waals surface area contributed by atoms with Crippen LogP contribution >= 0.6 is 11.3 Å². The third-order valence-corrected chi connectivity index (χ3v) is 6.97. The van der Waals surface area contributed by atoms with Crippen LogP contribution in [0.4, 0.5) is 0 Å². The average Bonchev–Trinajstić information content (AvgIpc) is 3.10. The van der Waals surface area contributed by atoms with E-state index in [2.05, 4.69) is 0 Å². The summed E-state index contributed by atoms with van der Waals surface area (Å²) in [7, 11) is -3.04. The lowest BCUT2D eigenvalue weighted by atomic mass is 10.1. The molecule has 0 saturated carbocycles. The van der Waals surface area contributed by atoms with E-state index in [9.17, 15) is 13.2 Å². The van der Waals surface area contributed by atoms with Gasteiger partial charge in [-0.05, 0) is 42.5 Å². The van der Waals surface area contributed by atoms with Gasteiger partial charge in [0.1, 0.15) is 0 Å². The maximum atomic E-state index is 12.9. The summed E-state index contributed by atoms with van der Waals surface area (Å²) in [5.41, 5.74) is 1.74. The van der Waals surface area contributed by atoms with Gasteiger partial charge in [0.25, 0.3) is 5.91 Å². The van der Waals surface area contributed by atoms with E-state index < -0.39 is 9.84 Å². The molecule has 1 fully saturated rings. The first-order valence-corrected chi connectivity index (χ1v) is 10.3. The Morgan fingerprint density at radius 3 is 2.57 bits per heavy atom. The molecule has 0 bridgehead atoms. The summed E-state index contributed by atoms with van der Waals surface area (Å²) in [6.07, 6.45) is 0.519. The standard InChI is InChI=1S/C17H19NO3S2/c1-13-7-9-22-16(13)11-18(15-8-10-23(20,21)12-15)17(19)14-5-3-2-4-6-14/h2-7,9,15H,8,10-12H2,1H3/t15-/m0/s1. The van der Waals surface area contributed by atoms with E-state index in [1.807, 2.05) is 36.6 Å². The third kappa shape index (κ3) is 3.64. The number of carbonyl (C=O) groups excluding carboxylic acids is 1. The lowest BCUT2D eigenvalue weighted by Gasteiger charge is -2.28. The highest BCUT2D eigenvalue weighted by Gasteiger charge is 2.35. The number of amides is 1. The number of sulfone groups is 1. The van der Waals surface area contributed by atoms with Gasteiger partial charge < -0.3 is 4.90 Å². The molecule has 2 heterocycles. The van der Waals surface area contributed by atoms with Gasteiger partial charge in [-0.1, -0.05) is 18.2 Å². The molecule has 1 aliphatic heterocycles. The van der Waals surface area contributed by atoms with Crippen molar-refractivity contribution in [3.05, 3.63) is 57.8 Å². The highest BCUT2D eigenvalue weighted by Crippen LogP contribution is 2.25. The van der Waals surface area contributed by atoms with Crippen molar-refractivity contribution in [2.24, 2.45) is 0 Å². The Bertz CT molecular complexity index is 796. The van der Waals surface area contributed by atoms with E-state index in [0.29, 0.717) is 18.5 Å². The summed E-state index contributed by atoms with van der Waals surface area (Å²) >= 11 is 1.61. The molecule has 3 rings (SSSR count). The van der Waals surface area contributed by atoms with Crippen LogP contribution in [0.15, 0.2) is 41.8 Å². The summed E-state index contributed by atoms with van der Waals surface area (Å²) in [5, 5.41) is 2.00. The number of hydrogen-bond donors (Lipinski definition) is 0. The molecule has 1 saturated heterocycles. The van der Waals surface area contributed by atoms with Crippen LogP contribution in [0.5, 0.6) is 0 Å². The van der Waals surface area contributed by atoms with Crippen LogP contribution in [0.1, 0.15) is 27.2 Å². The maximum Gasteiger partial charge on any atom is 0.254 e. The SMILES string of the molecule is Cc1ccsc1CN(C(=O)c1ccccc1)[C@H]1CCS(=O)(=O)C1. The normalized spacial score (nSPS) is 19.6. The molecule has 4 nitrogen and oxygen atoms in total. The summed E-state index contributed by atoms with van der Waals surface area (Å²) in [6, 6.07) is 10.9. The van der Waals surface area contributed by atoms with Gasteiger partial charge in [0.15, 0.2) is 9.84 Å². The number of benzene rings is 1. The van der Waals surface area contributed by atoms with Crippen molar-refractivity contribution in [1.29, 1.82) is 0 Å². The Hall–Kier alpha value is -1.66. The van der Waals surface area contributed by atoms with Crippen molar-refractivity contribution in [3.8, 4) is 0 Å². The molecular formula is C17H19NO3S2. The monoisotopic (exact) mass is 349 g/mol. The number of aryl methyl sites for hydroxylation is 1. The van der Waals surface area contributed by atoms with E-state index in [1.165, 1.54) is 0 Å². The molecule has 1 aromatic carbocycles. The summed E-state index contributed by atoms with van der Waals surface area (Å²) in [4.78, 5) is 15.8. The van der Waals surface area contributed by atoms with Gasteiger partial charge in [0, 0.05) is 16.5 Å². The number of hydrogen-bond acceptors (Lipinski definition) is 4. The van der Waals surface area contributed by atoms with Crippen molar-refractivity contribution in [3.63, 3.8) is 0 Å². The minimum atomic E-state index is -3.04. The van der Waals surface area contributed by atoms with Crippen LogP contribution in [0, 0.1) is 6.92 Å². The van der Waals surface area contributed by atoms with Crippen molar-refractivity contribution in [1.82, 2.24) is 4.90 Å². The van der Waals surface area contributed by atoms with Gasteiger partial charge >= 0.3 is 0 Å². The van der Waals surface area contributed by atoms with Crippen LogP contribution < -0.4 is 0 Å². The topological polar surface area (TPSA) is 54.5 Å². The predicted octanol–water partition coefficient (Wildman–Crippen LogP) is 2.89. The molecule has 23 heavy (non-hydrogen) atoms. The Morgan fingerprint density at radius 1 is 1.26 bits per heavy atom. The van der Waals surface area contributed by atoms with E-state index in [0.717, 1.165) is 10.4 Å². The summed E-state index contributed by atoms with van der Waals surface area (Å²) in [5.74, 6) is 0.135. The quantitative estimate of drug-likeness (QED) is 0.853. The smallest absolute Gasteiger partial charge is 0.254 e. The highest BCUT2D eigenvalue weighted by atomic mass is 32.2. The summed E-state index contributed by atoms with van der Waals surface area (Å²) in [6.45, 7) is 2.49. The second kappa shape index (κ2) is 6.45. The first-order valence-electron chi connectivity index (χ1n) is 7.56. The van der Waals surface area contributed by atoms with Crippen molar-refractivity contribution >= 4 is 27.1 Å². The molecule has 0 radical (unpaired) electrons. The Labute approximate surface area is 140 Å². The number of thiophene rings is 1.